The number of aromatic nitrogens is 6. The van der Waals surface area contributed by atoms with E-state index < -0.39 is 0 Å². The lowest BCUT2D eigenvalue weighted by atomic mass is 10.5. The summed E-state index contributed by atoms with van der Waals surface area (Å²) in [4.78, 5) is 8.53. The van der Waals surface area contributed by atoms with Crippen LogP contribution in [-0.4, -0.2) is 30.5 Å². The number of aryl methyl sites for hydroxylation is 2. The van der Waals surface area contributed by atoms with E-state index in [9.17, 15) is 0 Å². The largest absolute Gasteiger partial charge is 0.339 e. The highest BCUT2D eigenvalue weighted by Crippen LogP contribution is 2.31. The second-order valence-corrected chi connectivity index (χ2v) is 7.75. The molecule has 0 atom stereocenters. The van der Waals surface area contributed by atoms with E-state index in [1.54, 1.807) is 23.5 Å². The van der Waals surface area contributed by atoms with Crippen LogP contribution in [0.1, 0.15) is 37.3 Å². The smallest absolute Gasteiger partial charge is 0.226 e. The maximum atomic E-state index is 5.07. The van der Waals surface area contributed by atoms with Gasteiger partial charge in [-0.3, -0.25) is 0 Å². The molecule has 0 aliphatic carbocycles. The molecular formula is C12H14N6O2S3. The zero-order valence-corrected chi connectivity index (χ0v) is 15.0. The lowest BCUT2D eigenvalue weighted by Crippen LogP contribution is -1.85. The molecule has 0 bridgehead atoms. The van der Waals surface area contributed by atoms with Crippen LogP contribution in [0.15, 0.2) is 17.7 Å². The van der Waals surface area contributed by atoms with Gasteiger partial charge in [0.25, 0.3) is 0 Å². The minimum Gasteiger partial charge on any atom is -0.339 e. The van der Waals surface area contributed by atoms with Crippen molar-refractivity contribution >= 4 is 34.9 Å². The molecule has 3 aromatic rings. The molecular weight excluding hydrogens is 356 g/mol. The fourth-order valence-corrected chi connectivity index (χ4v) is 4.26. The van der Waals surface area contributed by atoms with Crippen molar-refractivity contribution in [3.63, 3.8) is 0 Å². The summed E-state index contributed by atoms with van der Waals surface area (Å²) in [6.45, 7) is 3.96. The molecule has 0 saturated carbocycles. The third-order valence-corrected chi connectivity index (χ3v) is 5.84. The maximum Gasteiger partial charge on any atom is 0.226 e. The second kappa shape index (κ2) is 7.88. The highest BCUT2D eigenvalue weighted by Gasteiger charge is 2.11. The Morgan fingerprint density at radius 1 is 0.826 bits per heavy atom. The molecule has 0 unspecified atom stereocenters. The molecule has 3 rings (SSSR count). The van der Waals surface area contributed by atoms with Crippen LogP contribution in [-0.2, 0) is 24.3 Å². The quantitative estimate of drug-likeness (QED) is 0.549. The lowest BCUT2D eigenvalue weighted by Gasteiger charge is -1.90. The molecule has 0 radical (unpaired) electrons. The zero-order valence-electron chi connectivity index (χ0n) is 12.6. The Kier molecular flexibility index (Phi) is 5.62. The summed E-state index contributed by atoms with van der Waals surface area (Å²) >= 11 is 4.62. The Labute approximate surface area is 144 Å². The van der Waals surface area contributed by atoms with E-state index in [1.807, 2.05) is 13.8 Å². The van der Waals surface area contributed by atoms with Crippen LogP contribution >= 0.6 is 34.9 Å². The first-order valence-electron chi connectivity index (χ1n) is 6.98. The molecule has 0 amide bonds. The number of hydrogen-bond donors (Lipinski definition) is 0. The highest BCUT2D eigenvalue weighted by molar-refractivity contribution is 8.02. The molecule has 0 fully saturated rings. The summed E-state index contributed by atoms with van der Waals surface area (Å²) in [6.07, 6.45) is 1.49. The lowest BCUT2D eigenvalue weighted by molar-refractivity contribution is 0.378. The van der Waals surface area contributed by atoms with Gasteiger partial charge >= 0.3 is 0 Å². The van der Waals surface area contributed by atoms with Crippen LogP contribution in [0.3, 0.4) is 0 Å². The summed E-state index contributed by atoms with van der Waals surface area (Å²) in [7, 11) is 0. The van der Waals surface area contributed by atoms with Gasteiger partial charge in [-0.15, -0.1) is 10.2 Å². The Bertz CT molecular complexity index is 695. The van der Waals surface area contributed by atoms with Crippen molar-refractivity contribution in [1.29, 1.82) is 0 Å². The molecule has 3 aromatic heterocycles. The maximum absolute atomic E-state index is 5.07. The van der Waals surface area contributed by atoms with E-state index in [1.165, 1.54) is 11.3 Å². The van der Waals surface area contributed by atoms with Gasteiger partial charge in [0, 0.05) is 12.8 Å². The second-order valence-electron chi connectivity index (χ2n) is 4.33. The van der Waals surface area contributed by atoms with Crippen molar-refractivity contribution in [2.45, 2.75) is 46.9 Å². The van der Waals surface area contributed by atoms with Crippen molar-refractivity contribution in [3.05, 3.63) is 23.4 Å². The third kappa shape index (κ3) is 4.52. The van der Waals surface area contributed by atoms with Gasteiger partial charge in [-0.2, -0.15) is 9.97 Å². The van der Waals surface area contributed by atoms with Gasteiger partial charge < -0.3 is 9.05 Å². The van der Waals surface area contributed by atoms with Gasteiger partial charge in [-0.05, 0) is 0 Å². The van der Waals surface area contributed by atoms with Crippen molar-refractivity contribution in [3.8, 4) is 0 Å². The molecule has 0 saturated heterocycles. The van der Waals surface area contributed by atoms with Gasteiger partial charge in [-0.25, -0.2) is 0 Å². The molecule has 11 heteroatoms. The molecule has 0 aliphatic heterocycles. The van der Waals surface area contributed by atoms with Crippen molar-refractivity contribution in [2.75, 3.05) is 0 Å². The monoisotopic (exact) mass is 370 g/mol. The van der Waals surface area contributed by atoms with E-state index in [0.29, 0.717) is 34.9 Å². The Morgan fingerprint density at radius 2 is 1.30 bits per heavy atom. The van der Waals surface area contributed by atoms with Gasteiger partial charge in [0.15, 0.2) is 20.3 Å². The average molecular weight is 370 g/mol. The normalized spacial score (nSPS) is 11.2. The number of thioether (sulfide) groups is 2. The van der Waals surface area contributed by atoms with E-state index in [2.05, 4.69) is 30.5 Å². The van der Waals surface area contributed by atoms with Crippen LogP contribution in [0.2, 0.25) is 0 Å². The van der Waals surface area contributed by atoms with E-state index in [0.717, 1.165) is 21.5 Å². The molecule has 8 nitrogen and oxygen atoms in total. The minimum atomic E-state index is 0.619. The predicted octanol–water partition coefficient (Wildman–Crippen LogP) is 3.01. The van der Waals surface area contributed by atoms with Crippen molar-refractivity contribution < 1.29 is 9.05 Å². The minimum absolute atomic E-state index is 0.619. The summed E-state index contributed by atoms with van der Waals surface area (Å²) in [5.74, 6) is 3.90. The molecule has 0 N–H and O–H groups in total. The van der Waals surface area contributed by atoms with E-state index >= 15 is 0 Å². The van der Waals surface area contributed by atoms with Gasteiger partial charge in [-0.1, -0.05) is 59.0 Å². The topological polar surface area (TPSA) is 104 Å². The predicted molar refractivity (Wildman–Crippen MR) is 86.4 cm³/mol. The molecule has 122 valence electrons. The summed E-state index contributed by atoms with van der Waals surface area (Å²) in [6, 6.07) is 0. The van der Waals surface area contributed by atoms with E-state index in [4.69, 9.17) is 9.05 Å². The average Bonchev–Trinajstić information content (AvgIpc) is 3.30. The summed E-state index contributed by atoms with van der Waals surface area (Å²) in [5.41, 5.74) is 0. The third-order valence-electron chi connectivity index (χ3n) is 2.66. The van der Waals surface area contributed by atoms with Crippen LogP contribution < -0.4 is 0 Å². The van der Waals surface area contributed by atoms with E-state index in [-0.39, 0.29) is 0 Å². The first-order valence-corrected chi connectivity index (χ1v) is 9.77. The molecule has 0 spiro atoms. The Hall–Kier alpha value is -1.46. The first-order chi connectivity index (χ1) is 11.3. The number of hydrogen-bond acceptors (Lipinski definition) is 11. The van der Waals surface area contributed by atoms with Crippen molar-refractivity contribution in [1.82, 2.24) is 30.5 Å². The van der Waals surface area contributed by atoms with Crippen LogP contribution in [0.5, 0.6) is 0 Å². The first kappa shape index (κ1) is 16.4. The molecule has 0 aromatic carbocycles. The molecule has 3 heterocycles. The highest BCUT2D eigenvalue weighted by atomic mass is 32.2. The Balaban J connectivity index is 1.49. The number of nitrogens with zero attached hydrogens (tertiary/aromatic N) is 6. The molecule has 23 heavy (non-hydrogen) atoms. The standard InChI is InChI=1S/C12H14N6O2S3/c1-3-9-13-7(17-19-9)5-21-11-15-16-12(23-11)22-6-8-14-10(4-2)20-18-8/h3-6H2,1-2H3. The fourth-order valence-electron chi connectivity index (χ4n) is 1.55. The summed E-state index contributed by atoms with van der Waals surface area (Å²) in [5, 5.41) is 16.1. The van der Waals surface area contributed by atoms with Gasteiger partial charge in [0.05, 0.1) is 11.5 Å². The van der Waals surface area contributed by atoms with Crippen LogP contribution in [0.4, 0.5) is 0 Å². The van der Waals surface area contributed by atoms with Gasteiger partial charge in [0.2, 0.25) is 11.8 Å². The molecule has 0 aliphatic rings. The summed E-state index contributed by atoms with van der Waals surface area (Å²) < 4.78 is 11.9. The van der Waals surface area contributed by atoms with Gasteiger partial charge in [0.1, 0.15) is 0 Å². The van der Waals surface area contributed by atoms with Crippen LogP contribution in [0, 0.1) is 0 Å². The fraction of sp³-hybridized carbons (Fsp3) is 0.500. The van der Waals surface area contributed by atoms with Crippen molar-refractivity contribution in [2.24, 2.45) is 0 Å². The Morgan fingerprint density at radius 3 is 1.70 bits per heavy atom. The zero-order chi connectivity index (χ0) is 16.1. The SMILES string of the molecule is CCc1nc(CSc2nnc(SCc3noc(CC)n3)s2)no1. The number of rotatable bonds is 8. The van der Waals surface area contributed by atoms with Crippen LogP contribution in [0.25, 0.3) is 0 Å².